The first kappa shape index (κ1) is 18.0. The van der Waals surface area contributed by atoms with Gasteiger partial charge in [-0.2, -0.15) is 0 Å². The Bertz CT molecular complexity index is 665. The number of hydrogen-bond donors (Lipinski definition) is 4. The predicted molar refractivity (Wildman–Crippen MR) is 98.8 cm³/mol. The zero-order valence-electron chi connectivity index (χ0n) is 14.4. The maximum Gasteiger partial charge on any atom is 0.124 e. The topological polar surface area (TPSA) is 81.8 Å². The molecule has 2 aromatic carbocycles. The van der Waals surface area contributed by atoms with E-state index in [-0.39, 0.29) is 0 Å². The fraction of sp³-hybridized carbons (Fsp3) is 0.400. The largest absolute Gasteiger partial charge is 0.390 e. The molecule has 1 heterocycles. The highest BCUT2D eigenvalue weighted by molar-refractivity contribution is 5.29. The van der Waals surface area contributed by atoms with E-state index in [2.05, 4.69) is 34.5 Å². The summed E-state index contributed by atoms with van der Waals surface area (Å²) in [5, 5.41) is 23.4. The Morgan fingerprint density at radius 3 is 2.44 bits per heavy atom. The first-order valence-electron chi connectivity index (χ1n) is 8.82. The van der Waals surface area contributed by atoms with Gasteiger partial charge in [-0.05, 0) is 23.1 Å². The van der Waals surface area contributed by atoms with Crippen molar-refractivity contribution in [3.63, 3.8) is 0 Å². The Morgan fingerprint density at radius 2 is 1.68 bits per heavy atom. The SMILES string of the molecule is N[C@H](c1ccccc1)C(O)NC[C@@H](O)CN1CCc2ccccc2C1. The number of nitrogens with one attached hydrogen (secondary N) is 1. The minimum Gasteiger partial charge on any atom is -0.390 e. The second-order valence-electron chi connectivity index (χ2n) is 6.70. The quantitative estimate of drug-likeness (QED) is 0.565. The minimum atomic E-state index is -0.890. The van der Waals surface area contributed by atoms with E-state index >= 15 is 0 Å². The van der Waals surface area contributed by atoms with Gasteiger partial charge in [0, 0.05) is 26.2 Å². The predicted octanol–water partition coefficient (Wildman–Crippen LogP) is 1.01. The van der Waals surface area contributed by atoms with Crippen LogP contribution >= 0.6 is 0 Å². The summed E-state index contributed by atoms with van der Waals surface area (Å²) in [6.07, 6.45) is -0.431. The highest BCUT2D eigenvalue weighted by Crippen LogP contribution is 2.18. The molecule has 0 aromatic heterocycles. The molecule has 0 saturated heterocycles. The standard InChI is InChI=1S/C20H27N3O2/c21-19(16-7-2-1-3-8-16)20(25)22-12-18(24)14-23-11-10-15-6-4-5-9-17(15)13-23/h1-9,18-20,22,24-25H,10-14,21H2/t18-,19-,20?/m1/s1. The van der Waals surface area contributed by atoms with Crippen molar-refractivity contribution < 1.29 is 10.2 Å². The van der Waals surface area contributed by atoms with Crippen molar-refractivity contribution in [2.75, 3.05) is 19.6 Å². The van der Waals surface area contributed by atoms with Crippen LogP contribution in [0.5, 0.6) is 0 Å². The molecule has 1 aliphatic heterocycles. The van der Waals surface area contributed by atoms with Crippen LogP contribution in [0.4, 0.5) is 0 Å². The molecular weight excluding hydrogens is 314 g/mol. The lowest BCUT2D eigenvalue weighted by molar-refractivity contribution is 0.0638. The van der Waals surface area contributed by atoms with Gasteiger partial charge in [0.1, 0.15) is 6.23 Å². The molecular formula is C20H27N3O2. The first-order chi connectivity index (χ1) is 12.1. The lowest BCUT2D eigenvalue weighted by Crippen LogP contribution is -2.46. The molecule has 0 amide bonds. The van der Waals surface area contributed by atoms with Crippen LogP contribution in [0.15, 0.2) is 54.6 Å². The molecule has 0 fully saturated rings. The molecule has 2 aromatic rings. The van der Waals surface area contributed by atoms with Crippen molar-refractivity contribution in [3.8, 4) is 0 Å². The third-order valence-corrected chi connectivity index (χ3v) is 4.77. The van der Waals surface area contributed by atoms with Crippen LogP contribution in [0.25, 0.3) is 0 Å². The van der Waals surface area contributed by atoms with E-state index in [0.717, 1.165) is 25.1 Å². The monoisotopic (exact) mass is 341 g/mol. The van der Waals surface area contributed by atoms with E-state index < -0.39 is 18.4 Å². The number of β-amino-alcohol motifs (C(OH)–C–C–N with tert-alkyl or cyclic N) is 1. The van der Waals surface area contributed by atoms with Gasteiger partial charge in [0.25, 0.3) is 0 Å². The molecule has 0 radical (unpaired) electrons. The van der Waals surface area contributed by atoms with Gasteiger partial charge < -0.3 is 15.9 Å². The summed E-state index contributed by atoms with van der Waals surface area (Å²) >= 11 is 0. The zero-order chi connectivity index (χ0) is 17.6. The maximum atomic E-state index is 10.3. The Balaban J connectivity index is 1.45. The maximum absolute atomic E-state index is 10.3. The van der Waals surface area contributed by atoms with E-state index in [1.807, 2.05) is 30.3 Å². The Kier molecular flexibility index (Phi) is 6.18. The summed E-state index contributed by atoms with van der Waals surface area (Å²) in [5.74, 6) is 0. The molecule has 134 valence electrons. The van der Waals surface area contributed by atoms with Gasteiger partial charge in [0.2, 0.25) is 0 Å². The van der Waals surface area contributed by atoms with Crippen LogP contribution in [-0.4, -0.2) is 47.1 Å². The molecule has 0 aliphatic carbocycles. The molecule has 5 N–H and O–H groups in total. The summed E-state index contributed by atoms with van der Waals surface area (Å²) in [6.45, 7) is 2.69. The van der Waals surface area contributed by atoms with Gasteiger partial charge in [0.05, 0.1) is 12.1 Å². The number of nitrogens with zero attached hydrogens (tertiary/aromatic N) is 1. The summed E-state index contributed by atoms with van der Waals surface area (Å²) < 4.78 is 0. The van der Waals surface area contributed by atoms with Gasteiger partial charge in [-0.1, -0.05) is 54.6 Å². The molecule has 0 saturated carbocycles. The van der Waals surface area contributed by atoms with Gasteiger partial charge >= 0.3 is 0 Å². The number of aliphatic hydroxyl groups excluding tert-OH is 2. The first-order valence-corrected chi connectivity index (χ1v) is 8.82. The summed E-state index contributed by atoms with van der Waals surface area (Å²) in [4.78, 5) is 2.25. The molecule has 25 heavy (non-hydrogen) atoms. The van der Waals surface area contributed by atoms with Crippen LogP contribution < -0.4 is 11.1 Å². The second kappa shape index (κ2) is 8.56. The van der Waals surface area contributed by atoms with E-state index in [1.54, 1.807) is 0 Å². The van der Waals surface area contributed by atoms with Gasteiger partial charge in [-0.25, -0.2) is 0 Å². The third kappa shape index (κ3) is 4.87. The van der Waals surface area contributed by atoms with Crippen molar-refractivity contribution in [1.82, 2.24) is 10.2 Å². The lowest BCUT2D eigenvalue weighted by Gasteiger charge is -2.31. The van der Waals surface area contributed by atoms with Crippen molar-refractivity contribution in [1.29, 1.82) is 0 Å². The van der Waals surface area contributed by atoms with Crippen LogP contribution in [0.3, 0.4) is 0 Å². The summed E-state index contributed by atoms with van der Waals surface area (Å²) in [5.41, 5.74) is 9.66. The summed E-state index contributed by atoms with van der Waals surface area (Å²) in [6, 6.07) is 17.4. The molecule has 1 unspecified atom stereocenters. The van der Waals surface area contributed by atoms with Crippen LogP contribution in [0.2, 0.25) is 0 Å². The number of nitrogens with two attached hydrogens (primary N) is 1. The molecule has 3 atom stereocenters. The molecule has 0 bridgehead atoms. The van der Waals surface area contributed by atoms with Crippen molar-refractivity contribution in [2.24, 2.45) is 5.73 Å². The normalized spacial score (nSPS) is 18.4. The Morgan fingerprint density at radius 1 is 1.00 bits per heavy atom. The van der Waals surface area contributed by atoms with E-state index in [1.165, 1.54) is 11.1 Å². The Labute approximate surface area is 149 Å². The number of aliphatic hydroxyl groups is 2. The average Bonchev–Trinajstić information content (AvgIpc) is 2.66. The zero-order valence-corrected chi connectivity index (χ0v) is 14.4. The van der Waals surface area contributed by atoms with Crippen LogP contribution in [-0.2, 0) is 13.0 Å². The fourth-order valence-electron chi connectivity index (χ4n) is 3.31. The smallest absolute Gasteiger partial charge is 0.124 e. The van der Waals surface area contributed by atoms with Crippen molar-refractivity contribution in [2.45, 2.75) is 31.3 Å². The third-order valence-electron chi connectivity index (χ3n) is 4.77. The minimum absolute atomic E-state index is 0.305. The second-order valence-corrected chi connectivity index (χ2v) is 6.70. The average molecular weight is 341 g/mol. The van der Waals surface area contributed by atoms with Crippen LogP contribution in [0.1, 0.15) is 22.7 Å². The highest BCUT2D eigenvalue weighted by atomic mass is 16.3. The fourth-order valence-corrected chi connectivity index (χ4v) is 3.31. The van der Waals surface area contributed by atoms with Crippen molar-refractivity contribution in [3.05, 3.63) is 71.3 Å². The Hall–Kier alpha value is -1.76. The molecule has 0 spiro atoms. The summed E-state index contributed by atoms with van der Waals surface area (Å²) in [7, 11) is 0. The highest BCUT2D eigenvalue weighted by Gasteiger charge is 2.20. The number of rotatable bonds is 7. The van der Waals surface area contributed by atoms with E-state index in [9.17, 15) is 10.2 Å². The molecule has 1 aliphatic rings. The molecule has 5 heteroatoms. The van der Waals surface area contributed by atoms with Gasteiger partial charge in [0.15, 0.2) is 0 Å². The van der Waals surface area contributed by atoms with Gasteiger partial charge in [-0.15, -0.1) is 0 Å². The van der Waals surface area contributed by atoms with Crippen LogP contribution in [0, 0.1) is 0 Å². The van der Waals surface area contributed by atoms with Gasteiger partial charge in [-0.3, -0.25) is 10.2 Å². The molecule has 5 nitrogen and oxygen atoms in total. The number of fused-ring (bicyclic) bond motifs is 1. The lowest BCUT2D eigenvalue weighted by atomic mass is 10.00. The number of hydrogen-bond acceptors (Lipinski definition) is 5. The molecule has 3 rings (SSSR count). The van der Waals surface area contributed by atoms with Crippen molar-refractivity contribution >= 4 is 0 Å². The van der Waals surface area contributed by atoms with E-state index in [0.29, 0.717) is 13.1 Å². The number of benzene rings is 2. The van der Waals surface area contributed by atoms with E-state index in [4.69, 9.17) is 5.73 Å².